The van der Waals surface area contributed by atoms with E-state index in [4.69, 9.17) is 5.73 Å². The smallest absolute Gasteiger partial charge is 0.0620 e. The van der Waals surface area contributed by atoms with Crippen molar-refractivity contribution in [2.45, 2.75) is 70.3 Å². The van der Waals surface area contributed by atoms with Gasteiger partial charge >= 0.3 is 0 Å². The molecule has 0 radical (unpaired) electrons. The van der Waals surface area contributed by atoms with Gasteiger partial charge in [-0.1, -0.05) is 82.2 Å². The van der Waals surface area contributed by atoms with Crippen LogP contribution in [-0.4, -0.2) is 17.8 Å². The van der Waals surface area contributed by atoms with Crippen LogP contribution < -0.4 is 5.73 Å². The molecule has 0 aromatic heterocycles. The number of nitrogens with two attached hydrogens (primary N) is 1. The van der Waals surface area contributed by atoms with E-state index in [1.807, 2.05) is 18.2 Å². The highest BCUT2D eigenvalue weighted by Gasteiger charge is 2.18. The Kier molecular flexibility index (Phi) is 9.35. The molecule has 114 valence electrons. The standard InChI is InChI=1S/C18H31NO/c1-2-3-4-5-6-7-11-14-18(20)17(15-19)16-12-9-8-10-13-16/h8-10,12-13,17-18,20H,2-7,11,14-15,19H2,1H3. The molecule has 0 heterocycles. The summed E-state index contributed by atoms with van der Waals surface area (Å²) in [5.74, 6) is 0.0799. The third-order valence-corrected chi connectivity index (χ3v) is 4.05. The van der Waals surface area contributed by atoms with Gasteiger partial charge in [0.15, 0.2) is 0 Å². The summed E-state index contributed by atoms with van der Waals surface area (Å²) >= 11 is 0. The molecule has 0 saturated carbocycles. The normalized spacial score (nSPS) is 14.2. The molecule has 2 heteroatoms. The van der Waals surface area contributed by atoms with Crippen LogP contribution in [0.25, 0.3) is 0 Å². The van der Waals surface area contributed by atoms with Gasteiger partial charge in [-0.2, -0.15) is 0 Å². The highest BCUT2D eigenvalue weighted by atomic mass is 16.3. The molecule has 0 spiro atoms. The van der Waals surface area contributed by atoms with Crippen molar-refractivity contribution in [1.29, 1.82) is 0 Å². The van der Waals surface area contributed by atoms with E-state index < -0.39 is 0 Å². The van der Waals surface area contributed by atoms with Crippen molar-refractivity contribution in [2.24, 2.45) is 5.73 Å². The van der Waals surface area contributed by atoms with E-state index in [9.17, 15) is 5.11 Å². The first-order valence-corrected chi connectivity index (χ1v) is 8.22. The monoisotopic (exact) mass is 277 g/mol. The van der Waals surface area contributed by atoms with Crippen molar-refractivity contribution in [1.82, 2.24) is 0 Å². The molecule has 2 unspecified atom stereocenters. The van der Waals surface area contributed by atoms with Crippen LogP contribution in [-0.2, 0) is 0 Å². The maximum Gasteiger partial charge on any atom is 0.0620 e. The molecule has 0 bridgehead atoms. The van der Waals surface area contributed by atoms with E-state index in [2.05, 4.69) is 19.1 Å². The molecule has 20 heavy (non-hydrogen) atoms. The fourth-order valence-corrected chi connectivity index (χ4v) is 2.73. The average Bonchev–Trinajstić information content (AvgIpc) is 2.48. The first-order chi connectivity index (χ1) is 9.79. The predicted molar refractivity (Wildman–Crippen MR) is 86.9 cm³/mol. The van der Waals surface area contributed by atoms with Crippen LogP contribution in [0.2, 0.25) is 0 Å². The Hall–Kier alpha value is -0.860. The molecule has 1 rings (SSSR count). The largest absolute Gasteiger partial charge is 0.392 e. The molecular weight excluding hydrogens is 246 g/mol. The molecule has 0 aliphatic heterocycles. The second-order valence-electron chi connectivity index (χ2n) is 5.73. The van der Waals surface area contributed by atoms with Gasteiger partial charge in [-0.3, -0.25) is 0 Å². The van der Waals surface area contributed by atoms with Crippen molar-refractivity contribution < 1.29 is 5.11 Å². The molecule has 0 amide bonds. The lowest BCUT2D eigenvalue weighted by atomic mass is 9.90. The molecule has 2 atom stereocenters. The average molecular weight is 277 g/mol. The number of benzene rings is 1. The van der Waals surface area contributed by atoms with Crippen LogP contribution in [0.1, 0.15) is 69.8 Å². The van der Waals surface area contributed by atoms with Gasteiger partial charge < -0.3 is 10.8 Å². The van der Waals surface area contributed by atoms with Gasteiger partial charge in [-0.15, -0.1) is 0 Å². The van der Waals surface area contributed by atoms with Crippen LogP contribution in [0.5, 0.6) is 0 Å². The molecule has 2 nitrogen and oxygen atoms in total. The van der Waals surface area contributed by atoms with Crippen molar-refractivity contribution in [3.63, 3.8) is 0 Å². The predicted octanol–water partition coefficient (Wildman–Crippen LogP) is 4.23. The lowest BCUT2D eigenvalue weighted by Crippen LogP contribution is -2.25. The molecule has 0 saturated heterocycles. The minimum absolute atomic E-state index is 0.0799. The van der Waals surface area contributed by atoms with Crippen LogP contribution in [0.3, 0.4) is 0 Å². The molecule has 3 N–H and O–H groups in total. The van der Waals surface area contributed by atoms with Gasteiger partial charge in [0, 0.05) is 12.5 Å². The second-order valence-corrected chi connectivity index (χ2v) is 5.73. The zero-order valence-electron chi connectivity index (χ0n) is 12.9. The van der Waals surface area contributed by atoms with Crippen molar-refractivity contribution in [3.8, 4) is 0 Å². The Bertz CT molecular complexity index is 325. The Morgan fingerprint density at radius 2 is 1.55 bits per heavy atom. The van der Waals surface area contributed by atoms with Crippen LogP contribution in [0, 0.1) is 0 Å². The summed E-state index contributed by atoms with van der Waals surface area (Å²) in [6.07, 6.45) is 9.54. The maximum absolute atomic E-state index is 10.3. The SMILES string of the molecule is CCCCCCCCCC(O)C(CN)c1ccccc1. The summed E-state index contributed by atoms with van der Waals surface area (Å²) in [6, 6.07) is 10.1. The molecule has 0 fully saturated rings. The molecule has 0 aliphatic carbocycles. The second kappa shape index (κ2) is 10.9. The number of hydrogen-bond donors (Lipinski definition) is 2. The minimum atomic E-state index is -0.307. The number of aliphatic hydroxyl groups excluding tert-OH is 1. The van der Waals surface area contributed by atoms with Crippen LogP contribution >= 0.6 is 0 Å². The van der Waals surface area contributed by atoms with Gasteiger partial charge in [-0.25, -0.2) is 0 Å². The quantitative estimate of drug-likeness (QED) is 0.595. The minimum Gasteiger partial charge on any atom is -0.392 e. The van der Waals surface area contributed by atoms with E-state index in [0.29, 0.717) is 6.54 Å². The first-order valence-electron chi connectivity index (χ1n) is 8.22. The summed E-state index contributed by atoms with van der Waals surface area (Å²) in [5, 5.41) is 10.3. The maximum atomic E-state index is 10.3. The summed E-state index contributed by atoms with van der Waals surface area (Å²) < 4.78 is 0. The Morgan fingerprint density at radius 1 is 0.950 bits per heavy atom. The first kappa shape index (κ1) is 17.2. The highest BCUT2D eigenvalue weighted by molar-refractivity contribution is 5.21. The summed E-state index contributed by atoms with van der Waals surface area (Å²) in [7, 11) is 0. The topological polar surface area (TPSA) is 46.2 Å². The van der Waals surface area contributed by atoms with E-state index in [-0.39, 0.29) is 12.0 Å². The third kappa shape index (κ3) is 6.53. The molecule has 1 aromatic carbocycles. The van der Waals surface area contributed by atoms with Crippen LogP contribution in [0.15, 0.2) is 30.3 Å². The van der Waals surface area contributed by atoms with Crippen LogP contribution in [0.4, 0.5) is 0 Å². The van der Waals surface area contributed by atoms with E-state index >= 15 is 0 Å². The lowest BCUT2D eigenvalue weighted by Gasteiger charge is -2.21. The van der Waals surface area contributed by atoms with Gasteiger partial charge in [0.25, 0.3) is 0 Å². The van der Waals surface area contributed by atoms with Gasteiger partial charge in [0.05, 0.1) is 6.10 Å². The van der Waals surface area contributed by atoms with Crippen molar-refractivity contribution in [3.05, 3.63) is 35.9 Å². The summed E-state index contributed by atoms with van der Waals surface area (Å²) in [5.41, 5.74) is 6.99. The van der Waals surface area contributed by atoms with E-state index in [1.54, 1.807) is 0 Å². The molecule has 1 aromatic rings. The fraction of sp³-hybridized carbons (Fsp3) is 0.667. The van der Waals surface area contributed by atoms with E-state index in [1.165, 1.54) is 38.5 Å². The third-order valence-electron chi connectivity index (χ3n) is 4.05. The molecule has 0 aliphatic rings. The van der Waals surface area contributed by atoms with Crippen molar-refractivity contribution >= 4 is 0 Å². The van der Waals surface area contributed by atoms with E-state index in [0.717, 1.165) is 18.4 Å². The number of unbranched alkanes of at least 4 members (excludes halogenated alkanes) is 6. The zero-order chi connectivity index (χ0) is 14.6. The Labute approximate surface area is 124 Å². The van der Waals surface area contributed by atoms with Gasteiger partial charge in [0.2, 0.25) is 0 Å². The number of rotatable bonds is 11. The fourth-order valence-electron chi connectivity index (χ4n) is 2.73. The zero-order valence-corrected chi connectivity index (χ0v) is 12.9. The summed E-state index contributed by atoms with van der Waals surface area (Å²) in [4.78, 5) is 0. The Balaban J connectivity index is 2.22. The number of hydrogen-bond acceptors (Lipinski definition) is 2. The molecular formula is C18H31NO. The number of aliphatic hydroxyl groups is 1. The van der Waals surface area contributed by atoms with Gasteiger partial charge in [-0.05, 0) is 12.0 Å². The Morgan fingerprint density at radius 3 is 2.15 bits per heavy atom. The van der Waals surface area contributed by atoms with Crippen molar-refractivity contribution in [2.75, 3.05) is 6.54 Å². The highest BCUT2D eigenvalue weighted by Crippen LogP contribution is 2.22. The summed E-state index contributed by atoms with van der Waals surface area (Å²) in [6.45, 7) is 2.76. The van der Waals surface area contributed by atoms with Gasteiger partial charge in [0.1, 0.15) is 0 Å². The lowest BCUT2D eigenvalue weighted by molar-refractivity contribution is 0.132.